The quantitative estimate of drug-likeness (QED) is 0.421. The van der Waals surface area contributed by atoms with Gasteiger partial charge in [-0.3, -0.25) is 9.10 Å². The second-order valence-corrected chi connectivity index (χ2v) is 13.9. The SMILES string of the molecule is CN(c1ccc(C#N)cc1C(=O)Nc1ccc(S(=O)(=O)N2CCN(c3cc(Cl)cc(Cl)c3)CC2)cc1)S(C)(=O)=O. The highest BCUT2D eigenvalue weighted by atomic mass is 35.5. The van der Waals surface area contributed by atoms with Crippen LogP contribution in [0.2, 0.25) is 10.0 Å². The Kier molecular flexibility index (Phi) is 8.63. The average Bonchev–Trinajstić information content (AvgIpc) is 2.91. The zero-order chi connectivity index (χ0) is 29.2. The molecule has 3 aromatic carbocycles. The minimum absolute atomic E-state index is 0.0254. The Labute approximate surface area is 243 Å². The van der Waals surface area contributed by atoms with Crippen LogP contribution in [0.15, 0.2) is 65.6 Å². The fourth-order valence-electron chi connectivity index (χ4n) is 4.21. The Morgan fingerprint density at radius 3 is 2.08 bits per heavy atom. The number of nitrogens with one attached hydrogen (secondary N) is 1. The van der Waals surface area contributed by atoms with Crippen LogP contribution in [-0.2, 0) is 20.0 Å². The molecule has 1 aliphatic heterocycles. The number of halogens is 2. The van der Waals surface area contributed by atoms with Crippen molar-refractivity contribution < 1.29 is 21.6 Å². The molecule has 40 heavy (non-hydrogen) atoms. The molecule has 10 nitrogen and oxygen atoms in total. The van der Waals surface area contributed by atoms with E-state index in [1.165, 1.54) is 53.8 Å². The van der Waals surface area contributed by atoms with Gasteiger partial charge in [-0.2, -0.15) is 9.57 Å². The van der Waals surface area contributed by atoms with Crippen molar-refractivity contribution in [2.75, 3.05) is 54.0 Å². The van der Waals surface area contributed by atoms with Crippen molar-refractivity contribution in [2.24, 2.45) is 0 Å². The van der Waals surface area contributed by atoms with Crippen molar-refractivity contribution in [1.29, 1.82) is 5.26 Å². The summed E-state index contributed by atoms with van der Waals surface area (Å²) in [6.07, 6.45) is 0.999. The average molecular weight is 623 g/mol. The Morgan fingerprint density at radius 2 is 1.52 bits per heavy atom. The summed E-state index contributed by atoms with van der Waals surface area (Å²) in [4.78, 5) is 15.1. The molecule has 0 saturated carbocycles. The van der Waals surface area contributed by atoms with Crippen LogP contribution in [0.5, 0.6) is 0 Å². The predicted octanol–water partition coefficient (Wildman–Crippen LogP) is 4.02. The molecule has 4 rings (SSSR count). The van der Waals surface area contributed by atoms with E-state index >= 15 is 0 Å². The van der Waals surface area contributed by atoms with Gasteiger partial charge < -0.3 is 10.2 Å². The first-order valence-electron chi connectivity index (χ1n) is 11.9. The van der Waals surface area contributed by atoms with Crippen molar-refractivity contribution in [1.82, 2.24) is 4.31 Å². The zero-order valence-electron chi connectivity index (χ0n) is 21.5. The van der Waals surface area contributed by atoms with Crippen LogP contribution in [0.4, 0.5) is 17.1 Å². The number of piperazine rings is 1. The van der Waals surface area contributed by atoms with E-state index in [1.807, 2.05) is 11.0 Å². The Morgan fingerprint density at radius 1 is 0.925 bits per heavy atom. The molecular weight excluding hydrogens is 597 g/mol. The number of anilines is 3. The summed E-state index contributed by atoms with van der Waals surface area (Å²) in [6.45, 7) is 1.43. The maximum Gasteiger partial charge on any atom is 0.257 e. The molecule has 14 heteroatoms. The third-order valence-corrected chi connectivity index (χ3v) is 9.95. The summed E-state index contributed by atoms with van der Waals surface area (Å²) in [5, 5.41) is 12.9. The molecule has 1 fully saturated rings. The van der Waals surface area contributed by atoms with Gasteiger partial charge in [-0.1, -0.05) is 23.2 Å². The lowest BCUT2D eigenvalue weighted by Crippen LogP contribution is -2.48. The van der Waals surface area contributed by atoms with Crippen LogP contribution in [0, 0.1) is 11.3 Å². The Hall–Kier alpha value is -3.34. The molecule has 0 aromatic heterocycles. The lowest BCUT2D eigenvalue weighted by atomic mass is 10.1. The van der Waals surface area contributed by atoms with Gasteiger partial charge in [0.15, 0.2) is 0 Å². The van der Waals surface area contributed by atoms with Crippen molar-refractivity contribution in [3.05, 3.63) is 81.8 Å². The van der Waals surface area contributed by atoms with Gasteiger partial charge in [-0.05, 0) is 60.7 Å². The van der Waals surface area contributed by atoms with E-state index in [2.05, 4.69) is 5.32 Å². The van der Waals surface area contributed by atoms with E-state index in [0.29, 0.717) is 28.8 Å². The van der Waals surface area contributed by atoms with Crippen LogP contribution >= 0.6 is 23.2 Å². The molecule has 0 aliphatic carbocycles. The van der Waals surface area contributed by atoms with Crippen molar-refractivity contribution in [3.63, 3.8) is 0 Å². The van der Waals surface area contributed by atoms with E-state index in [1.54, 1.807) is 18.2 Å². The maximum atomic E-state index is 13.3. The molecule has 1 saturated heterocycles. The highest BCUT2D eigenvalue weighted by molar-refractivity contribution is 7.92. The first kappa shape index (κ1) is 29.6. The molecule has 0 spiro atoms. The lowest BCUT2D eigenvalue weighted by Gasteiger charge is -2.35. The second-order valence-electron chi connectivity index (χ2n) is 9.07. The summed E-state index contributed by atoms with van der Waals surface area (Å²) < 4.78 is 53.0. The predicted molar refractivity (Wildman–Crippen MR) is 156 cm³/mol. The van der Waals surface area contributed by atoms with Gasteiger partial charge in [-0.25, -0.2) is 16.8 Å². The van der Waals surface area contributed by atoms with Crippen LogP contribution in [0.3, 0.4) is 0 Å². The summed E-state index contributed by atoms with van der Waals surface area (Å²) in [7, 11) is -6.17. The summed E-state index contributed by atoms with van der Waals surface area (Å²) in [5.74, 6) is -0.657. The lowest BCUT2D eigenvalue weighted by molar-refractivity contribution is 0.102. The molecule has 1 heterocycles. The highest BCUT2D eigenvalue weighted by Crippen LogP contribution is 2.28. The molecule has 1 aliphatic rings. The minimum Gasteiger partial charge on any atom is -0.369 e. The van der Waals surface area contributed by atoms with Crippen molar-refractivity contribution in [2.45, 2.75) is 4.90 Å². The van der Waals surface area contributed by atoms with Crippen LogP contribution in [0.25, 0.3) is 0 Å². The summed E-state index contributed by atoms with van der Waals surface area (Å²) in [5.41, 5.74) is 1.36. The molecule has 0 unspecified atom stereocenters. The third-order valence-electron chi connectivity index (χ3n) is 6.41. The highest BCUT2D eigenvalue weighted by Gasteiger charge is 2.29. The van der Waals surface area contributed by atoms with Gasteiger partial charge in [0, 0.05) is 54.6 Å². The number of sulfonamides is 2. The van der Waals surface area contributed by atoms with Crippen molar-refractivity contribution in [3.8, 4) is 6.07 Å². The number of benzene rings is 3. The fraction of sp³-hybridized carbons (Fsp3) is 0.231. The van der Waals surface area contributed by atoms with E-state index in [4.69, 9.17) is 23.2 Å². The molecule has 0 atom stereocenters. The number of carbonyl (C=O) groups is 1. The smallest absolute Gasteiger partial charge is 0.257 e. The van der Waals surface area contributed by atoms with Crippen LogP contribution in [-0.4, -0.2) is 66.5 Å². The number of nitriles is 1. The summed E-state index contributed by atoms with van der Waals surface area (Å²) in [6, 6.07) is 16.9. The number of hydrogen-bond donors (Lipinski definition) is 1. The van der Waals surface area contributed by atoms with Gasteiger partial charge >= 0.3 is 0 Å². The van der Waals surface area contributed by atoms with E-state index in [9.17, 15) is 26.9 Å². The molecular formula is C26H25Cl2N5O5S2. The molecule has 0 bridgehead atoms. The number of nitrogens with zero attached hydrogens (tertiary/aromatic N) is 4. The molecule has 0 radical (unpaired) electrons. The molecule has 210 valence electrons. The first-order valence-corrected chi connectivity index (χ1v) is 15.9. The van der Waals surface area contributed by atoms with Gasteiger partial charge in [0.25, 0.3) is 5.91 Å². The normalized spacial score (nSPS) is 14.4. The standard InChI is InChI=1S/C26H25Cl2N5O5S2/c1-31(39(2,35)36)25-8-3-18(17-29)13-24(25)26(34)30-21-4-6-23(7-5-21)40(37,38)33-11-9-32(10-12-33)22-15-19(27)14-20(28)16-22/h3-8,13-16H,9-12H2,1-2H3,(H,30,34). The summed E-state index contributed by atoms with van der Waals surface area (Å²) >= 11 is 12.2. The van der Waals surface area contributed by atoms with Crippen LogP contribution < -0.4 is 14.5 Å². The third kappa shape index (κ3) is 6.51. The second kappa shape index (κ2) is 11.6. The first-order chi connectivity index (χ1) is 18.8. The molecule has 1 N–H and O–H groups in total. The monoisotopic (exact) mass is 621 g/mol. The van der Waals surface area contributed by atoms with Gasteiger partial charge in [0.2, 0.25) is 20.0 Å². The van der Waals surface area contributed by atoms with E-state index in [0.717, 1.165) is 16.2 Å². The Bertz CT molecular complexity index is 1680. The van der Waals surface area contributed by atoms with E-state index in [-0.39, 0.29) is 34.8 Å². The minimum atomic E-state index is -3.79. The van der Waals surface area contributed by atoms with Crippen molar-refractivity contribution >= 4 is 66.2 Å². The number of carbonyl (C=O) groups excluding carboxylic acids is 1. The fourth-order valence-corrected chi connectivity index (χ4v) is 6.66. The van der Waals surface area contributed by atoms with Gasteiger partial charge in [0.05, 0.1) is 34.0 Å². The number of hydrogen-bond acceptors (Lipinski definition) is 7. The molecule has 1 amide bonds. The molecule has 3 aromatic rings. The topological polar surface area (TPSA) is 131 Å². The van der Waals surface area contributed by atoms with Crippen LogP contribution in [0.1, 0.15) is 15.9 Å². The number of rotatable bonds is 7. The zero-order valence-corrected chi connectivity index (χ0v) is 24.6. The number of amides is 1. The Balaban J connectivity index is 1.47. The maximum absolute atomic E-state index is 13.3. The largest absolute Gasteiger partial charge is 0.369 e. The van der Waals surface area contributed by atoms with Gasteiger partial charge in [-0.15, -0.1) is 0 Å². The van der Waals surface area contributed by atoms with E-state index < -0.39 is 26.0 Å². The van der Waals surface area contributed by atoms with Gasteiger partial charge in [0.1, 0.15) is 0 Å².